The molecule has 0 atom stereocenters. The van der Waals surface area contributed by atoms with Crippen LogP contribution in [0.15, 0.2) is 29.0 Å². The molecule has 0 saturated carbocycles. The fraction of sp³-hybridized carbons (Fsp3) is 0.400. The summed E-state index contributed by atoms with van der Waals surface area (Å²) in [5.74, 6) is -0.416. The summed E-state index contributed by atoms with van der Waals surface area (Å²) in [5, 5.41) is 4.80. The van der Waals surface area contributed by atoms with E-state index in [-0.39, 0.29) is 30.1 Å². The molecule has 1 aromatic carbocycles. The number of aryl methyl sites for hydroxylation is 1. The number of benzene rings is 1. The maximum atomic E-state index is 13.7. The first-order valence-electron chi connectivity index (χ1n) is 9.28. The van der Waals surface area contributed by atoms with E-state index < -0.39 is 29.2 Å². The monoisotopic (exact) mass is 502 g/mol. The minimum Gasteiger partial charge on any atom is -0.466 e. The Hall–Kier alpha value is -2.69. The van der Waals surface area contributed by atoms with Crippen molar-refractivity contribution in [3.63, 3.8) is 0 Å². The van der Waals surface area contributed by atoms with Crippen LogP contribution in [0.4, 0.5) is 29.5 Å². The number of esters is 1. The van der Waals surface area contributed by atoms with E-state index in [2.05, 4.69) is 36.5 Å². The largest absolute Gasteiger partial charge is 0.466 e. The molecule has 11 heteroatoms. The molecule has 1 aromatic heterocycles. The molecule has 7 nitrogen and oxygen atoms in total. The third-order valence-corrected chi connectivity index (χ3v) is 4.66. The number of aromatic nitrogens is 2. The van der Waals surface area contributed by atoms with Gasteiger partial charge in [-0.3, -0.25) is 10.1 Å². The van der Waals surface area contributed by atoms with Crippen LogP contribution in [0, 0.1) is 12.3 Å². The van der Waals surface area contributed by atoms with Gasteiger partial charge in [-0.05, 0) is 67.7 Å². The number of nitrogens with zero attached hydrogens (tertiary/aromatic N) is 2. The molecule has 2 N–H and O–H groups in total. The second-order valence-electron chi connectivity index (χ2n) is 7.36. The molecule has 2 amide bonds. The first kappa shape index (κ1) is 24.6. The van der Waals surface area contributed by atoms with Gasteiger partial charge in [0.1, 0.15) is 4.60 Å². The van der Waals surface area contributed by atoms with Gasteiger partial charge in [0, 0.05) is 5.69 Å². The number of halogens is 4. The van der Waals surface area contributed by atoms with Crippen LogP contribution >= 0.6 is 15.9 Å². The summed E-state index contributed by atoms with van der Waals surface area (Å²) in [6.45, 7) is 6.42. The molecule has 31 heavy (non-hydrogen) atoms. The summed E-state index contributed by atoms with van der Waals surface area (Å²) >= 11 is 3.15. The second-order valence-corrected chi connectivity index (χ2v) is 8.17. The molecule has 0 saturated heterocycles. The Morgan fingerprint density at radius 2 is 1.87 bits per heavy atom. The first-order chi connectivity index (χ1) is 14.3. The molecule has 0 bridgehead atoms. The summed E-state index contributed by atoms with van der Waals surface area (Å²) in [5.41, 5.74) is -1.81. The Bertz CT molecular complexity index is 981. The number of alkyl halides is 3. The topological polar surface area (TPSA) is 93.2 Å². The van der Waals surface area contributed by atoms with Crippen molar-refractivity contribution in [3.8, 4) is 0 Å². The van der Waals surface area contributed by atoms with Gasteiger partial charge < -0.3 is 10.1 Å². The molecule has 0 aliphatic carbocycles. The highest BCUT2D eigenvalue weighted by Gasteiger charge is 2.37. The van der Waals surface area contributed by atoms with Gasteiger partial charge in [0.25, 0.3) is 0 Å². The Balaban J connectivity index is 2.24. The second kappa shape index (κ2) is 9.63. The molecule has 0 aliphatic heterocycles. The van der Waals surface area contributed by atoms with E-state index in [0.29, 0.717) is 10.3 Å². The highest BCUT2D eigenvalue weighted by molar-refractivity contribution is 9.10. The Labute approximate surface area is 185 Å². The molecule has 1 heterocycles. The fourth-order valence-corrected chi connectivity index (χ4v) is 3.16. The maximum Gasteiger partial charge on any atom is 0.416 e. The van der Waals surface area contributed by atoms with Crippen LogP contribution in [0.25, 0.3) is 0 Å². The number of hydrogen-bond acceptors (Lipinski definition) is 5. The lowest BCUT2D eigenvalue weighted by molar-refractivity contribution is -0.154. The van der Waals surface area contributed by atoms with Gasteiger partial charge in [0.15, 0.2) is 5.82 Å². The minimum atomic E-state index is -4.68. The summed E-state index contributed by atoms with van der Waals surface area (Å²) in [7, 11) is 0. The predicted molar refractivity (Wildman–Crippen MR) is 113 cm³/mol. The van der Waals surface area contributed by atoms with Crippen LogP contribution in [-0.4, -0.2) is 28.6 Å². The molecule has 0 spiro atoms. The SMILES string of the molecule is CCOC(=O)C(C)(C)Cc1ccc(NC(=O)Nc2ncc(Br)nc2C)cc1C(F)(F)F. The molecular formula is C20H22BrF3N4O3. The lowest BCUT2D eigenvalue weighted by Gasteiger charge is -2.24. The number of amides is 2. The Morgan fingerprint density at radius 1 is 1.19 bits per heavy atom. The summed E-state index contributed by atoms with van der Waals surface area (Å²) in [6.07, 6.45) is -3.48. The number of ether oxygens (including phenoxy) is 1. The van der Waals surface area contributed by atoms with Gasteiger partial charge in [-0.2, -0.15) is 13.2 Å². The van der Waals surface area contributed by atoms with E-state index in [9.17, 15) is 22.8 Å². The van der Waals surface area contributed by atoms with Crippen LogP contribution in [0.2, 0.25) is 0 Å². The average Bonchev–Trinajstić information content (AvgIpc) is 2.64. The number of hydrogen-bond donors (Lipinski definition) is 2. The van der Waals surface area contributed by atoms with Crippen LogP contribution in [-0.2, 0) is 22.1 Å². The number of urea groups is 1. The third-order valence-electron chi connectivity index (χ3n) is 4.28. The standard InChI is InChI=1S/C20H22BrF3N4O3/c1-5-31-17(29)19(3,4)9-12-6-7-13(8-14(12)20(22,23)24)27-18(30)28-16-11(2)26-15(21)10-25-16/h6-8,10H,5,9H2,1-4H3,(H2,25,27,28,30). The first-order valence-corrected chi connectivity index (χ1v) is 10.1. The third kappa shape index (κ3) is 6.65. The van der Waals surface area contributed by atoms with E-state index in [1.165, 1.54) is 32.2 Å². The Kier molecular flexibility index (Phi) is 7.63. The highest BCUT2D eigenvalue weighted by Crippen LogP contribution is 2.37. The van der Waals surface area contributed by atoms with Gasteiger partial charge in [-0.25, -0.2) is 14.8 Å². The van der Waals surface area contributed by atoms with Crippen LogP contribution < -0.4 is 10.6 Å². The molecular weight excluding hydrogens is 481 g/mol. The van der Waals surface area contributed by atoms with E-state index in [0.717, 1.165) is 6.07 Å². The number of rotatable bonds is 6. The highest BCUT2D eigenvalue weighted by atomic mass is 79.9. The zero-order valence-electron chi connectivity index (χ0n) is 17.4. The lowest BCUT2D eigenvalue weighted by atomic mass is 9.84. The summed E-state index contributed by atoms with van der Waals surface area (Å²) < 4.78 is 46.4. The quantitative estimate of drug-likeness (QED) is 0.519. The van der Waals surface area contributed by atoms with Gasteiger partial charge in [-0.15, -0.1) is 0 Å². The molecule has 0 fully saturated rings. The maximum absolute atomic E-state index is 13.7. The minimum absolute atomic E-state index is 0.0646. The van der Waals surface area contributed by atoms with E-state index in [4.69, 9.17) is 4.74 Å². The molecule has 0 radical (unpaired) electrons. The number of nitrogens with one attached hydrogen (secondary N) is 2. The summed E-state index contributed by atoms with van der Waals surface area (Å²) in [6, 6.07) is 2.64. The molecule has 2 aromatic rings. The van der Waals surface area contributed by atoms with Crippen molar-refractivity contribution < 1.29 is 27.5 Å². The number of carbonyl (C=O) groups is 2. The van der Waals surface area contributed by atoms with Crippen molar-refractivity contribution in [2.45, 2.75) is 40.3 Å². The predicted octanol–water partition coefficient (Wildman–Crippen LogP) is 5.34. The van der Waals surface area contributed by atoms with Gasteiger partial charge in [0.05, 0.1) is 29.5 Å². The van der Waals surface area contributed by atoms with Crippen molar-refractivity contribution in [2.24, 2.45) is 5.41 Å². The number of carbonyl (C=O) groups excluding carboxylic acids is 2. The molecule has 0 aliphatic rings. The van der Waals surface area contributed by atoms with Crippen molar-refractivity contribution in [1.29, 1.82) is 0 Å². The van der Waals surface area contributed by atoms with E-state index in [1.807, 2.05) is 0 Å². The van der Waals surface area contributed by atoms with Crippen LogP contribution in [0.5, 0.6) is 0 Å². The molecule has 0 unspecified atom stereocenters. The molecule has 2 rings (SSSR count). The van der Waals surface area contributed by atoms with Gasteiger partial charge in [0.2, 0.25) is 0 Å². The fourth-order valence-electron chi connectivity index (χ4n) is 2.79. The van der Waals surface area contributed by atoms with Crippen molar-refractivity contribution in [1.82, 2.24) is 9.97 Å². The average molecular weight is 503 g/mol. The van der Waals surface area contributed by atoms with E-state index >= 15 is 0 Å². The lowest BCUT2D eigenvalue weighted by Crippen LogP contribution is -2.30. The summed E-state index contributed by atoms with van der Waals surface area (Å²) in [4.78, 5) is 32.4. The van der Waals surface area contributed by atoms with Crippen molar-refractivity contribution in [2.75, 3.05) is 17.2 Å². The van der Waals surface area contributed by atoms with Crippen LogP contribution in [0.1, 0.15) is 37.6 Å². The van der Waals surface area contributed by atoms with Crippen LogP contribution in [0.3, 0.4) is 0 Å². The zero-order chi connectivity index (χ0) is 23.4. The normalized spacial score (nSPS) is 11.7. The smallest absolute Gasteiger partial charge is 0.416 e. The number of anilines is 2. The zero-order valence-corrected chi connectivity index (χ0v) is 18.9. The van der Waals surface area contributed by atoms with Gasteiger partial charge in [-0.1, -0.05) is 6.07 Å². The Morgan fingerprint density at radius 3 is 2.45 bits per heavy atom. The van der Waals surface area contributed by atoms with Crippen molar-refractivity contribution in [3.05, 3.63) is 45.8 Å². The molecule has 168 valence electrons. The van der Waals surface area contributed by atoms with Gasteiger partial charge >= 0.3 is 18.2 Å². The van der Waals surface area contributed by atoms with E-state index in [1.54, 1.807) is 13.8 Å². The van der Waals surface area contributed by atoms with Crippen molar-refractivity contribution >= 4 is 39.4 Å².